The van der Waals surface area contributed by atoms with Crippen LogP contribution in [0.15, 0.2) is 0 Å². The number of aromatic amines is 1. The summed E-state index contributed by atoms with van der Waals surface area (Å²) in [5.74, 6) is 0.373. The Morgan fingerprint density at radius 3 is 2.39 bits per heavy atom. The van der Waals surface area contributed by atoms with E-state index in [9.17, 15) is 4.79 Å². The average Bonchev–Trinajstić information content (AvgIpc) is 2.87. The molecule has 0 aliphatic carbocycles. The highest BCUT2D eigenvalue weighted by Gasteiger charge is 2.19. The lowest BCUT2D eigenvalue weighted by molar-refractivity contribution is 0.0750. The van der Waals surface area contributed by atoms with Gasteiger partial charge in [0.15, 0.2) is 0 Å². The summed E-state index contributed by atoms with van der Waals surface area (Å²) in [6, 6.07) is 3.94. The van der Waals surface area contributed by atoms with E-state index in [2.05, 4.69) is 15.2 Å². The zero-order valence-corrected chi connectivity index (χ0v) is 10.2. The first-order valence-electron chi connectivity index (χ1n) is 5.67. The minimum Gasteiger partial charge on any atom is -0.334 e. The molecule has 0 unspecified atom stereocenters. The Bertz CT molecular complexity index is 462. The molecule has 0 spiro atoms. The topological polar surface area (TPSA) is 109 Å². The second-order valence-corrected chi connectivity index (χ2v) is 3.57. The molecule has 0 fully saturated rings. The Hall–Kier alpha value is -2.41. The summed E-state index contributed by atoms with van der Waals surface area (Å²) in [6.45, 7) is 2.47. The zero-order chi connectivity index (χ0) is 13.4. The Balaban J connectivity index is 2.74. The van der Waals surface area contributed by atoms with Crippen LogP contribution in [0.5, 0.6) is 0 Å². The standard InChI is InChI=1S/C11H14N6O/c1-2-9-14-10(16-15-9)11(18)17(7-3-5-12)8-4-6-13/h2-4,7-8H2,1H3,(H,14,15,16). The van der Waals surface area contributed by atoms with Crippen molar-refractivity contribution in [2.45, 2.75) is 26.2 Å². The minimum absolute atomic E-state index is 0.0859. The van der Waals surface area contributed by atoms with Crippen molar-refractivity contribution in [3.05, 3.63) is 11.6 Å². The number of hydrogen-bond donors (Lipinski definition) is 1. The van der Waals surface area contributed by atoms with Crippen LogP contribution in [0, 0.1) is 22.7 Å². The maximum absolute atomic E-state index is 12.0. The summed E-state index contributed by atoms with van der Waals surface area (Å²) < 4.78 is 0. The lowest BCUT2D eigenvalue weighted by Gasteiger charge is -2.18. The van der Waals surface area contributed by atoms with Crippen LogP contribution in [-0.2, 0) is 6.42 Å². The molecular weight excluding hydrogens is 232 g/mol. The van der Waals surface area contributed by atoms with Crippen LogP contribution >= 0.6 is 0 Å². The number of carbonyl (C=O) groups is 1. The SMILES string of the molecule is CCc1nc(C(=O)N(CCC#N)CCC#N)n[nH]1. The summed E-state index contributed by atoms with van der Waals surface area (Å²) in [5, 5.41) is 23.6. The third-order valence-electron chi connectivity index (χ3n) is 2.33. The second-order valence-electron chi connectivity index (χ2n) is 3.57. The lowest BCUT2D eigenvalue weighted by atomic mass is 10.3. The molecule has 1 aromatic rings. The van der Waals surface area contributed by atoms with Crippen molar-refractivity contribution in [2.75, 3.05) is 13.1 Å². The van der Waals surface area contributed by atoms with Gasteiger partial charge in [-0.25, -0.2) is 4.98 Å². The molecule has 18 heavy (non-hydrogen) atoms. The van der Waals surface area contributed by atoms with Crippen molar-refractivity contribution in [2.24, 2.45) is 0 Å². The monoisotopic (exact) mass is 246 g/mol. The van der Waals surface area contributed by atoms with Crippen molar-refractivity contribution < 1.29 is 4.79 Å². The molecule has 0 bridgehead atoms. The predicted octanol–water partition coefficient (Wildman–Crippen LogP) is 0.637. The number of hydrogen-bond acceptors (Lipinski definition) is 5. The Morgan fingerprint density at radius 2 is 1.94 bits per heavy atom. The molecule has 94 valence electrons. The average molecular weight is 246 g/mol. The van der Waals surface area contributed by atoms with Gasteiger partial charge in [0.25, 0.3) is 5.91 Å². The van der Waals surface area contributed by atoms with Gasteiger partial charge in [-0.05, 0) is 0 Å². The van der Waals surface area contributed by atoms with Gasteiger partial charge in [0, 0.05) is 19.5 Å². The number of rotatable bonds is 6. The first-order valence-corrected chi connectivity index (χ1v) is 5.67. The molecule has 7 heteroatoms. The molecule has 1 aromatic heterocycles. The molecule has 0 aliphatic rings. The third-order valence-corrected chi connectivity index (χ3v) is 2.33. The first-order chi connectivity index (χ1) is 8.72. The van der Waals surface area contributed by atoms with Gasteiger partial charge in [0.1, 0.15) is 5.82 Å². The van der Waals surface area contributed by atoms with Crippen molar-refractivity contribution in [1.82, 2.24) is 20.1 Å². The molecular formula is C11H14N6O. The quantitative estimate of drug-likeness (QED) is 0.791. The van der Waals surface area contributed by atoms with Crippen molar-refractivity contribution >= 4 is 5.91 Å². The van der Waals surface area contributed by atoms with Crippen LogP contribution in [-0.4, -0.2) is 39.1 Å². The molecule has 1 N–H and O–H groups in total. The van der Waals surface area contributed by atoms with Crippen LogP contribution in [0.1, 0.15) is 36.2 Å². The molecule has 0 atom stereocenters. The number of H-pyrrole nitrogens is 1. The molecule has 0 saturated heterocycles. The maximum Gasteiger partial charge on any atom is 0.293 e. The van der Waals surface area contributed by atoms with Gasteiger partial charge in [-0.2, -0.15) is 10.5 Å². The van der Waals surface area contributed by atoms with E-state index in [1.54, 1.807) is 0 Å². The molecule has 1 rings (SSSR count). The molecule has 0 aliphatic heterocycles. The second kappa shape index (κ2) is 7.02. The highest BCUT2D eigenvalue weighted by atomic mass is 16.2. The van der Waals surface area contributed by atoms with E-state index in [0.29, 0.717) is 12.2 Å². The number of aromatic nitrogens is 3. The summed E-state index contributed by atoms with van der Waals surface area (Å²) >= 11 is 0. The highest BCUT2D eigenvalue weighted by molar-refractivity contribution is 5.90. The first kappa shape index (κ1) is 13.7. The van der Waals surface area contributed by atoms with E-state index in [-0.39, 0.29) is 37.7 Å². The predicted molar refractivity (Wildman–Crippen MR) is 62.1 cm³/mol. The van der Waals surface area contributed by atoms with Gasteiger partial charge >= 0.3 is 0 Å². The van der Waals surface area contributed by atoms with Gasteiger partial charge < -0.3 is 4.90 Å². The van der Waals surface area contributed by atoms with Crippen LogP contribution in [0.2, 0.25) is 0 Å². The van der Waals surface area contributed by atoms with Crippen LogP contribution in [0.3, 0.4) is 0 Å². The van der Waals surface area contributed by atoms with Gasteiger partial charge in [-0.15, -0.1) is 5.10 Å². The summed E-state index contributed by atoms with van der Waals surface area (Å²) in [6.07, 6.45) is 1.11. The van der Waals surface area contributed by atoms with E-state index in [4.69, 9.17) is 10.5 Å². The van der Waals surface area contributed by atoms with E-state index < -0.39 is 0 Å². The van der Waals surface area contributed by atoms with E-state index in [0.717, 1.165) is 0 Å². The molecule has 0 saturated carbocycles. The van der Waals surface area contributed by atoms with Crippen LogP contribution < -0.4 is 0 Å². The number of carbonyl (C=O) groups excluding carboxylic acids is 1. The Kier molecular flexibility index (Phi) is 5.33. The lowest BCUT2D eigenvalue weighted by Crippen LogP contribution is -2.33. The molecule has 7 nitrogen and oxygen atoms in total. The fraction of sp³-hybridized carbons (Fsp3) is 0.545. The van der Waals surface area contributed by atoms with Crippen LogP contribution in [0.4, 0.5) is 0 Å². The summed E-state index contributed by atoms with van der Waals surface area (Å²) in [5.41, 5.74) is 0. The van der Waals surface area contributed by atoms with E-state index >= 15 is 0 Å². The highest BCUT2D eigenvalue weighted by Crippen LogP contribution is 2.02. The molecule has 1 heterocycles. The molecule has 0 radical (unpaired) electrons. The van der Waals surface area contributed by atoms with Crippen LogP contribution in [0.25, 0.3) is 0 Å². The van der Waals surface area contributed by atoms with Gasteiger partial charge in [0.05, 0.1) is 25.0 Å². The zero-order valence-electron chi connectivity index (χ0n) is 10.2. The number of nitrogens with one attached hydrogen (secondary N) is 1. The van der Waals surface area contributed by atoms with E-state index in [1.165, 1.54) is 4.90 Å². The molecule has 1 amide bonds. The fourth-order valence-electron chi connectivity index (χ4n) is 1.38. The number of aryl methyl sites for hydroxylation is 1. The smallest absolute Gasteiger partial charge is 0.293 e. The Labute approximate surface area is 105 Å². The normalized spacial score (nSPS) is 9.50. The third kappa shape index (κ3) is 3.56. The number of amides is 1. The van der Waals surface area contributed by atoms with Gasteiger partial charge in [-0.1, -0.05) is 6.92 Å². The van der Waals surface area contributed by atoms with Crippen molar-refractivity contribution in [3.63, 3.8) is 0 Å². The van der Waals surface area contributed by atoms with Crippen molar-refractivity contribution in [1.29, 1.82) is 10.5 Å². The largest absolute Gasteiger partial charge is 0.334 e. The van der Waals surface area contributed by atoms with E-state index in [1.807, 2.05) is 19.1 Å². The molecule has 0 aromatic carbocycles. The fourth-order valence-corrected chi connectivity index (χ4v) is 1.38. The summed E-state index contributed by atoms with van der Waals surface area (Å²) in [4.78, 5) is 17.5. The van der Waals surface area contributed by atoms with Gasteiger partial charge in [0.2, 0.25) is 5.82 Å². The number of nitrogens with zero attached hydrogens (tertiary/aromatic N) is 5. The number of nitriles is 2. The van der Waals surface area contributed by atoms with Crippen molar-refractivity contribution in [3.8, 4) is 12.1 Å². The minimum atomic E-state index is -0.351. The Morgan fingerprint density at radius 1 is 1.33 bits per heavy atom. The summed E-state index contributed by atoms with van der Waals surface area (Å²) in [7, 11) is 0. The maximum atomic E-state index is 12.0. The van der Waals surface area contributed by atoms with Gasteiger partial charge in [-0.3, -0.25) is 9.89 Å².